The van der Waals surface area contributed by atoms with E-state index in [2.05, 4.69) is 184 Å². The second-order valence-electron chi connectivity index (χ2n) is 19.7. The van der Waals surface area contributed by atoms with Gasteiger partial charge in [-0.05, 0) is 88.7 Å². The lowest BCUT2D eigenvalue weighted by molar-refractivity contribution is -0.176. The summed E-state index contributed by atoms with van der Waals surface area (Å²) in [6.07, 6.45) is 2.79. The first-order valence-electron chi connectivity index (χ1n) is 16.9. The van der Waals surface area contributed by atoms with Crippen molar-refractivity contribution in [3.63, 3.8) is 0 Å². The summed E-state index contributed by atoms with van der Waals surface area (Å²) in [4.78, 5) is 2.66. The molecule has 0 saturated carbocycles. The Balaban J connectivity index is -0.000000530. The molecule has 1 heterocycles. The van der Waals surface area contributed by atoms with E-state index in [1.807, 2.05) is 11.8 Å². The molecule has 1 rings (SSSR count). The van der Waals surface area contributed by atoms with Gasteiger partial charge in [-0.1, -0.05) is 118 Å². The highest BCUT2D eigenvalue weighted by Crippen LogP contribution is 2.41. The maximum Gasteiger partial charge on any atom is 0.0704 e. The minimum absolute atomic E-state index is 0.0208. The van der Waals surface area contributed by atoms with Crippen molar-refractivity contribution in [3.05, 3.63) is 0 Å². The van der Waals surface area contributed by atoms with Crippen molar-refractivity contribution in [2.24, 2.45) is 27.1 Å². The van der Waals surface area contributed by atoms with E-state index >= 15 is 0 Å². The van der Waals surface area contributed by atoms with E-state index in [4.69, 9.17) is 9.47 Å². The average Bonchev–Trinajstić information content (AvgIpc) is 2.75. The summed E-state index contributed by atoms with van der Waals surface area (Å²) in [5.74, 6) is 0. The van der Waals surface area contributed by atoms with Gasteiger partial charge in [0, 0.05) is 29.5 Å². The van der Waals surface area contributed by atoms with Crippen molar-refractivity contribution in [3.8, 4) is 0 Å². The number of rotatable bonds is 3. The molecule has 43 heavy (non-hydrogen) atoms. The molecule has 1 saturated heterocycles. The van der Waals surface area contributed by atoms with Crippen LogP contribution in [-0.4, -0.2) is 58.4 Å². The molecule has 1 aliphatic heterocycles. The summed E-state index contributed by atoms with van der Waals surface area (Å²) < 4.78 is 11.7. The Kier molecular flexibility index (Phi) is 18.1. The molecular formula is C39H85NO2S. The highest BCUT2D eigenvalue weighted by Gasteiger charge is 2.47. The summed E-state index contributed by atoms with van der Waals surface area (Å²) >= 11 is 1.93. The SMILES string of the molecule is CC(C)(C)C(C)(C)C.CC1OC(C)C(C)N(C(C)(C)C(C)(C)C)C1C.COC(C)(C)C(C)(C)C.CSC(C)(C)C(C)(C)C. The summed E-state index contributed by atoms with van der Waals surface area (Å²) in [5.41, 5.74) is 1.91. The van der Waals surface area contributed by atoms with Gasteiger partial charge in [0.2, 0.25) is 0 Å². The minimum Gasteiger partial charge on any atom is -0.378 e. The molecule has 4 unspecified atom stereocenters. The first-order chi connectivity index (χ1) is 18.4. The van der Waals surface area contributed by atoms with Crippen LogP contribution >= 0.6 is 11.8 Å². The molecule has 3 nitrogen and oxygen atoms in total. The Morgan fingerprint density at radius 2 is 0.791 bits per heavy atom. The Morgan fingerprint density at radius 3 is 0.907 bits per heavy atom. The van der Waals surface area contributed by atoms with Crippen LogP contribution in [0.15, 0.2) is 0 Å². The van der Waals surface area contributed by atoms with Gasteiger partial charge in [-0.25, -0.2) is 0 Å². The zero-order valence-corrected chi connectivity index (χ0v) is 35.8. The fourth-order valence-corrected chi connectivity index (χ4v) is 4.02. The fraction of sp³-hybridized carbons (Fsp3) is 1.00. The number of hydrogen-bond donors (Lipinski definition) is 0. The number of ether oxygens (including phenoxy) is 2. The normalized spacial score (nSPS) is 23.2. The van der Waals surface area contributed by atoms with Gasteiger partial charge in [0.1, 0.15) is 0 Å². The van der Waals surface area contributed by atoms with Gasteiger partial charge in [0.05, 0.1) is 17.8 Å². The molecule has 4 heteroatoms. The van der Waals surface area contributed by atoms with Crippen molar-refractivity contribution in [2.75, 3.05) is 13.4 Å². The summed E-state index contributed by atoms with van der Waals surface area (Å²) in [5, 5.41) is 0. The van der Waals surface area contributed by atoms with Crippen LogP contribution in [0.3, 0.4) is 0 Å². The molecule has 0 aromatic carbocycles. The molecule has 0 N–H and O–H groups in total. The fourth-order valence-electron chi connectivity index (χ4n) is 3.41. The van der Waals surface area contributed by atoms with Crippen molar-refractivity contribution in [1.29, 1.82) is 0 Å². The van der Waals surface area contributed by atoms with Crippen molar-refractivity contribution in [2.45, 2.75) is 213 Å². The molecule has 0 amide bonds. The maximum atomic E-state index is 6.01. The zero-order valence-electron chi connectivity index (χ0n) is 35.0. The van der Waals surface area contributed by atoms with E-state index in [1.165, 1.54) is 0 Å². The topological polar surface area (TPSA) is 21.7 Å². The molecule has 0 bridgehead atoms. The van der Waals surface area contributed by atoms with Gasteiger partial charge in [-0.3, -0.25) is 4.90 Å². The van der Waals surface area contributed by atoms with Crippen LogP contribution in [0.5, 0.6) is 0 Å². The average molecular weight is 632 g/mol. The number of morpholine rings is 1. The second-order valence-corrected chi connectivity index (χ2v) is 21.1. The first-order valence-corrected chi connectivity index (χ1v) is 18.1. The van der Waals surface area contributed by atoms with Gasteiger partial charge in [-0.2, -0.15) is 11.8 Å². The molecule has 1 aliphatic rings. The smallest absolute Gasteiger partial charge is 0.0704 e. The molecule has 264 valence electrons. The predicted octanol–water partition coefficient (Wildman–Crippen LogP) is 12.4. The van der Waals surface area contributed by atoms with Crippen LogP contribution < -0.4 is 0 Å². The summed E-state index contributed by atoms with van der Waals surface area (Å²) in [6.45, 7) is 56.5. The van der Waals surface area contributed by atoms with Crippen LogP contribution in [0, 0.1) is 27.1 Å². The van der Waals surface area contributed by atoms with E-state index in [-0.39, 0.29) is 22.0 Å². The molecule has 1 fully saturated rings. The van der Waals surface area contributed by atoms with Crippen LogP contribution in [0.2, 0.25) is 0 Å². The Labute approximate surface area is 279 Å². The van der Waals surface area contributed by atoms with Crippen LogP contribution in [0.4, 0.5) is 0 Å². The van der Waals surface area contributed by atoms with Crippen molar-refractivity contribution in [1.82, 2.24) is 4.90 Å². The summed E-state index contributed by atoms with van der Waals surface area (Å²) in [6, 6.07) is 0.936. The number of hydrogen-bond acceptors (Lipinski definition) is 4. The predicted molar refractivity (Wildman–Crippen MR) is 201 cm³/mol. The van der Waals surface area contributed by atoms with E-state index in [9.17, 15) is 0 Å². The van der Waals surface area contributed by atoms with E-state index in [1.54, 1.807) is 7.11 Å². The third-order valence-electron chi connectivity index (χ3n) is 12.0. The third kappa shape index (κ3) is 14.7. The Bertz CT molecular complexity index is 712. The molecule has 0 radical (unpaired) electrons. The second kappa shape index (κ2) is 16.4. The van der Waals surface area contributed by atoms with Crippen LogP contribution in [0.25, 0.3) is 0 Å². The van der Waals surface area contributed by atoms with Gasteiger partial charge in [0.15, 0.2) is 0 Å². The van der Waals surface area contributed by atoms with E-state index < -0.39 is 0 Å². The molecule has 4 atom stereocenters. The maximum absolute atomic E-state index is 6.01. The van der Waals surface area contributed by atoms with Crippen LogP contribution in [0.1, 0.15) is 173 Å². The van der Waals surface area contributed by atoms with E-state index in [0.29, 0.717) is 45.3 Å². The lowest BCUT2D eigenvalue weighted by Gasteiger charge is -2.58. The monoisotopic (exact) mass is 632 g/mol. The third-order valence-corrected chi connectivity index (χ3v) is 13.7. The quantitative estimate of drug-likeness (QED) is 0.309. The highest BCUT2D eigenvalue weighted by molar-refractivity contribution is 7.99. The molecule has 0 aliphatic carbocycles. The Hall–Kier alpha value is 0.230. The lowest BCUT2D eigenvalue weighted by Crippen LogP contribution is -2.67. The molecule has 0 aromatic rings. The van der Waals surface area contributed by atoms with Gasteiger partial charge in [0.25, 0.3) is 0 Å². The molecular weight excluding hydrogens is 547 g/mol. The van der Waals surface area contributed by atoms with Crippen molar-refractivity contribution >= 4 is 11.8 Å². The highest BCUT2D eigenvalue weighted by atomic mass is 32.2. The number of thioether (sulfide) groups is 1. The summed E-state index contributed by atoms with van der Waals surface area (Å²) in [7, 11) is 1.76. The first kappa shape index (κ1) is 47.6. The van der Waals surface area contributed by atoms with Crippen molar-refractivity contribution < 1.29 is 9.47 Å². The number of nitrogens with zero attached hydrogens (tertiary/aromatic N) is 1. The molecule has 0 aromatic heterocycles. The van der Waals surface area contributed by atoms with E-state index in [0.717, 1.165) is 0 Å². The standard InChI is InChI=1S/C15H31NO.C8H18O.C8H18S.C8H18/c1-10-12(3)17-13(4)11(2)16(10)15(8,9)14(5,6)7;2*1-7(2,3)8(4,5)9-6;1-7(2,3)8(4,5)6/h10-13H,1-9H3;2*1-6H3;1-6H3. The van der Waals surface area contributed by atoms with Crippen LogP contribution in [-0.2, 0) is 9.47 Å². The lowest BCUT2D eigenvalue weighted by atomic mass is 9.71. The van der Waals surface area contributed by atoms with Gasteiger partial charge in [-0.15, -0.1) is 0 Å². The van der Waals surface area contributed by atoms with Gasteiger partial charge < -0.3 is 9.47 Å². The zero-order chi connectivity index (χ0) is 36.0. The largest absolute Gasteiger partial charge is 0.378 e. The molecule has 0 spiro atoms. The number of methoxy groups -OCH3 is 1. The van der Waals surface area contributed by atoms with Gasteiger partial charge >= 0.3 is 0 Å². The minimum atomic E-state index is -0.0208. The Morgan fingerprint density at radius 1 is 0.488 bits per heavy atom.